The Morgan fingerprint density at radius 1 is 1.28 bits per heavy atom. The van der Waals surface area contributed by atoms with Crippen LogP contribution in [0.1, 0.15) is 13.3 Å². The number of benzene rings is 1. The van der Waals surface area contributed by atoms with E-state index in [2.05, 4.69) is 10.6 Å². The Hall–Kier alpha value is -1.77. The molecule has 2 N–H and O–H groups in total. The van der Waals surface area contributed by atoms with E-state index in [1.54, 1.807) is 6.07 Å². The van der Waals surface area contributed by atoms with E-state index in [0.29, 0.717) is 5.69 Å². The highest BCUT2D eigenvalue weighted by atomic mass is 35.5. The summed E-state index contributed by atoms with van der Waals surface area (Å²) in [5, 5.41) is 13.7. The number of halogens is 2. The topological polar surface area (TPSA) is 82.0 Å². The first kappa shape index (κ1) is 14.3. The van der Waals surface area contributed by atoms with Crippen molar-refractivity contribution in [1.82, 2.24) is 0 Å². The number of nitrogens with one attached hydrogen (secondary N) is 2. The van der Waals surface area contributed by atoms with Crippen molar-refractivity contribution in [3.05, 3.63) is 22.2 Å². The van der Waals surface area contributed by atoms with E-state index in [9.17, 15) is 9.59 Å². The molecule has 0 heterocycles. The van der Waals surface area contributed by atoms with Gasteiger partial charge in [-0.3, -0.25) is 9.59 Å². The molecule has 5 nitrogen and oxygen atoms in total. The number of hydrogen-bond acceptors (Lipinski definition) is 3. The summed E-state index contributed by atoms with van der Waals surface area (Å²) in [6.07, 6.45) is -0.261. The Labute approximate surface area is 114 Å². The van der Waals surface area contributed by atoms with Crippen LogP contribution in [0.4, 0.5) is 11.4 Å². The van der Waals surface area contributed by atoms with Crippen molar-refractivity contribution in [2.24, 2.45) is 0 Å². The highest BCUT2D eigenvalue weighted by Crippen LogP contribution is 2.33. The van der Waals surface area contributed by atoms with Gasteiger partial charge in [-0.1, -0.05) is 23.2 Å². The zero-order chi connectivity index (χ0) is 13.7. The Morgan fingerprint density at radius 3 is 2.28 bits per heavy atom. The smallest absolute Gasteiger partial charge is 0.238 e. The first-order valence-corrected chi connectivity index (χ1v) is 5.63. The van der Waals surface area contributed by atoms with Crippen LogP contribution in [0.5, 0.6) is 0 Å². The summed E-state index contributed by atoms with van der Waals surface area (Å²) in [5.41, 5.74) is 0.642. The number of anilines is 2. The molecule has 1 aromatic carbocycles. The predicted octanol–water partition coefficient (Wildman–Crippen LogP) is 2.80. The summed E-state index contributed by atoms with van der Waals surface area (Å²) in [7, 11) is 0. The minimum absolute atomic E-state index is 0.199. The van der Waals surface area contributed by atoms with Crippen LogP contribution in [0.15, 0.2) is 12.1 Å². The van der Waals surface area contributed by atoms with E-state index in [0.717, 1.165) is 0 Å². The third kappa shape index (κ3) is 3.91. The van der Waals surface area contributed by atoms with Gasteiger partial charge in [0.05, 0.1) is 21.8 Å². The summed E-state index contributed by atoms with van der Waals surface area (Å²) < 4.78 is 0. The predicted molar refractivity (Wildman–Crippen MR) is 69.6 cm³/mol. The molecule has 2 amide bonds. The second kappa shape index (κ2) is 6.24. The maximum atomic E-state index is 11.2. The zero-order valence-corrected chi connectivity index (χ0v) is 10.9. The summed E-state index contributed by atoms with van der Waals surface area (Å²) in [6.45, 7) is 1.33. The summed E-state index contributed by atoms with van der Waals surface area (Å²) in [6, 6.07) is 4.60. The van der Waals surface area contributed by atoms with Crippen LogP contribution in [-0.4, -0.2) is 11.8 Å². The van der Waals surface area contributed by atoms with Gasteiger partial charge in [0.15, 0.2) is 0 Å². The zero-order valence-electron chi connectivity index (χ0n) is 9.38. The molecule has 0 aliphatic heterocycles. The van der Waals surface area contributed by atoms with Crippen molar-refractivity contribution in [2.45, 2.75) is 13.3 Å². The number of nitrogens with zero attached hydrogens (tertiary/aromatic N) is 1. The Kier molecular flexibility index (Phi) is 4.95. The molecule has 0 aliphatic carbocycles. The van der Waals surface area contributed by atoms with Crippen molar-refractivity contribution >= 4 is 46.4 Å². The molecule has 0 aliphatic rings. The van der Waals surface area contributed by atoms with Crippen LogP contribution in [0.2, 0.25) is 10.0 Å². The van der Waals surface area contributed by atoms with Crippen molar-refractivity contribution in [3.8, 4) is 6.07 Å². The third-order valence-electron chi connectivity index (χ3n) is 1.87. The molecule has 18 heavy (non-hydrogen) atoms. The van der Waals surface area contributed by atoms with Crippen LogP contribution in [0, 0.1) is 11.3 Å². The maximum Gasteiger partial charge on any atom is 0.238 e. The van der Waals surface area contributed by atoms with Gasteiger partial charge >= 0.3 is 0 Å². The molecule has 0 radical (unpaired) electrons. The summed E-state index contributed by atoms with van der Waals surface area (Å²) in [4.78, 5) is 22.1. The largest absolute Gasteiger partial charge is 0.325 e. The number of carbonyl (C=O) groups excluding carboxylic acids is 2. The van der Waals surface area contributed by atoms with Crippen LogP contribution in [0.3, 0.4) is 0 Å². The fraction of sp³-hybridized carbons (Fsp3) is 0.182. The Morgan fingerprint density at radius 2 is 1.83 bits per heavy atom. The van der Waals surface area contributed by atoms with E-state index in [1.807, 2.05) is 0 Å². The molecule has 0 unspecified atom stereocenters. The van der Waals surface area contributed by atoms with E-state index in [4.69, 9.17) is 28.5 Å². The van der Waals surface area contributed by atoms with E-state index in [1.165, 1.54) is 19.1 Å². The van der Waals surface area contributed by atoms with Gasteiger partial charge in [0.25, 0.3) is 0 Å². The van der Waals surface area contributed by atoms with Crippen molar-refractivity contribution in [3.63, 3.8) is 0 Å². The molecule has 1 aromatic rings. The average Bonchev–Trinajstić information content (AvgIpc) is 2.23. The molecular weight excluding hydrogens is 277 g/mol. The lowest BCUT2D eigenvalue weighted by Gasteiger charge is -2.10. The second-order valence-corrected chi connectivity index (χ2v) is 4.19. The molecule has 0 aromatic heterocycles. The van der Waals surface area contributed by atoms with Crippen molar-refractivity contribution < 1.29 is 9.59 Å². The number of nitriles is 1. The molecule has 0 saturated carbocycles. The van der Waals surface area contributed by atoms with E-state index in [-0.39, 0.29) is 28.1 Å². The van der Waals surface area contributed by atoms with Gasteiger partial charge in [0.2, 0.25) is 11.8 Å². The van der Waals surface area contributed by atoms with Crippen LogP contribution >= 0.6 is 23.2 Å². The third-order valence-corrected chi connectivity index (χ3v) is 2.46. The number of rotatable bonds is 3. The number of carbonyl (C=O) groups is 2. The number of amides is 2. The summed E-state index contributed by atoms with van der Waals surface area (Å²) >= 11 is 11.8. The minimum Gasteiger partial charge on any atom is -0.325 e. The van der Waals surface area contributed by atoms with Crippen LogP contribution in [-0.2, 0) is 9.59 Å². The quantitative estimate of drug-likeness (QED) is 0.896. The standard InChI is InChI=1S/C11H9Cl2N3O2/c1-6(17)15-11-8(12)4-7(5-9(11)13)16-10(18)2-3-14/h4-5H,2H2,1H3,(H,15,17)(H,16,18). The van der Waals surface area contributed by atoms with Crippen molar-refractivity contribution in [1.29, 1.82) is 5.26 Å². The van der Waals surface area contributed by atoms with Gasteiger partial charge in [-0.25, -0.2) is 0 Å². The molecule has 1 rings (SSSR count). The average molecular weight is 286 g/mol. The first-order valence-electron chi connectivity index (χ1n) is 4.87. The minimum atomic E-state index is -0.461. The molecule has 0 spiro atoms. The fourth-order valence-electron chi connectivity index (χ4n) is 1.22. The molecule has 0 bridgehead atoms. The molecule has 0 fully saturated rings. The van der Waals surface area contributed by atoms with E-state index >= 15 is 0 Å². The fourth-order valence-corrected chi connectivity index (χ4v) is 1.80. The molecule has 7 heteroatoms. The Balaban J connectivity index is 2.96. The monoisotopic (exact) mass is 285 g/mol. The van der Waals surface area contributed by atoms with Gasteiger partial charge in [0, 0.05) is 12.6 Å². The maximum absolute atomic E-state index is 11.2. The van der Waals surface area contributed by atoms with Gasteiger partial charge < -0.3 is 10.6 Å². The lowest BCUT2D eigenvalue weighted by Crippen LogP contribution is -2.11. The van der Waals surface area contributed by atoms with Crippen molar-refractivity contribution in [2.75, 3.05) is 10.6 Å². The van der Waals surface area contributed by atoms with Crippen LogP contribution in [0.25, 0.3) is 0 Å². The first-order chi connectivity index (χ1) is 8.43. The van der Waals surface area contributed by atoms with Gasteiger partial charge in [0.1, 0.15) is 6.42 Å². The van der Waals surface area contributed by atoms with Gasteiger partial charge in [-0.15, -0.1) is 0 Å². The van der Waals surface area contributed by atoms with E-state index < -0.39 is 5.91 Å². The normalized spacial score (nSPS) is 9.44. The van der Waals surface area contributed by atoms with Gasteiger partial charge in [-0.2, -0.15) is 5.26 Å². The molecular formula is C11H9Cl2N3O2. The number of hydrogen-bond donors (Lipinski definition) is 2. The highest BCUT2D eigenvalue weighted by molar-refractivity contribution is 6.40. The summed E-state index contributed by atoms with van der Waals surface area (Å²) in [5.74, 6) is -0.767. The lowest BCUT2D eigenvalue weighted by atomic mass is 10.2. The molecule has 0 atom stereocenters. The highest BCUT2D eigenvalue weighted by Gasteiger charge is 2.11. The van der Waals surface area contributed by atoms with Gasteiger partial charge in [-0.05, 0) is 12.1 Å². The lowest BCUT2D eigenvalue weighted by molar-refractivity contribution is -0.115. The second-order valence-electron chi connectivity index (χ2n) is 3.38. The SMILES string of the molecule is CC(=O)Nc1c(Cl)cc(NC(=O)CC#N)cc1Cl. The Bertz CT molecular complexity index is 515. The van der Waals surface area contributed by atoms with Crippen LogP contribution < -0.4 is 10.6 Å². The molecule has 94 valence electrons. The molecule has 0 saturated heterocycles.